The predicted octanol–water partition coefficient (Wildman–Crippen LogP) is 1.19. The lowest BCUT2D eigenvalue weighted by Gasteiger charge is -2.10. The number of primary amides is 1. The maximum atomic E-state index is 11.9. The highest BCUT2D eigenvalue weighted by Crippen LogP contribution is 2.23. The van der Waals surface area contributed by atoms with Crippen molar-refractivity contribution < 1.29 is 27.5 Å². The minimum absolute atomic E-state index is 0.233. The quantitative estimate of drug-likeness (QED) is 0.771. The zero-order valence-corrected chi connectivity index (χ0v) is 9.45. The van der Waals surface area contributed by atoms with Crippen molar-refractivity contribution in [3.8, 4) is 5.75 Å². The van der Waals surface area contributed by atoms with Gasteiger partial charge in [0.15, 0.2) is 0 Å². The summed E-state index contributed by atoms with van der Waals surface area (Å²) in [5.41, 5.74) is 5.04. The van der Waals surface area contributed by atoms with Crippen LogP contribution in [0.1, 0.15) is 0 Å². The standard InChI is InChI=1S/C10H10F3N3O3/c11-10(12,13)19-7-3-1-6(2-4-7)16-9(18)15-5-8(14)17/h1-4H,5H2,(H2,14,17)(H2,15,16,18). The Labute approximate surface area is 105 Å². The van der Waals surface area contributed by atoms with Gasteiger partial charge in [-0.15, -0.1) is 13.2 Å². The Bertz CT molecular complexity index is 459. The highest BCUT2D eigenvalue weighted by atomic mass is 19.4. The van der Waals surface area contributed by atoms with Crippen LogP contribution in [-0.2, 0) is 4.79 Å². The van der Waals surface area contributed by atoms with Crippen LogP contribution in [0.3, 0.4) is 0 Å². The van der Waals surface area contributed by atoms with Crippen LogP contribution in [0, 0.1) is 0 Å². The normalized spacial score (nSPS) is 10.7. The molecule has 3 amide bonds. The SMILES string of the molecule is NC(=O)CNC(=O)Nc1ccc(OC(F)(F)F)cc1. The van der Waals surface area contributed by atoms with Crippen molar-refractivity contribution in [3.63, 3.8) is 0 Å². The summed E-state index contributed by atoms with van der Waals surface area (Å²) in [4.78, 5) is 21.6. The van der Waals surface area contributed by atoms with Crippen LogP contribution < -0.4 is 21.1 Å². The third-order valence-corrected chi connectivity index (χ3v) is 1.77. The number of nitrogens with one attached hydrogen (secondary N) is 2. The molecule has 0 aromatic heterocycles. The van der Waals surface area contributed by atoms with Crippen LogP contribution in [-0.4, -0.2) is 24.8 Å². The zero-order valence-electron chi connectivity index (χ0n) is 9.45. The number of halogens is 3. The first-order valence-electron chi connectivity index (χ1n) is 4.95. The Balaban J connectivity index is 2.52. The molecular weight excluding hydrogens is 267 g/mol. The van der Waals surface area contributed by atoms with E-state index in [0.717, 1.165) is 12.1 Å². The monoisotopic (exact) mass is 277 g/mol. The summed E-state index contributed by atoms with van der Waals surface area (Å²) in [5.74, 6) is -1.13. The van der Waals surface area contributed by atoms with E-state index in [1.165, 1.54) is 12.1 Å². The molecule has 0 aliphatic carbocycles. The van der Waals surface area contributed by atoms with E-state index in [1.807, 2.05) is 0 Å². The van der Waals surface area contributed by atoms with E-state index in [4.69, 9.17) is 5.73 Å². The van der Waals surface area contributed by atoms with E-state index >= 15 is 0 Å². The number of carbonyl (C=O) groups is 2. The molecule has 19 heavy (non-hydrogen) atoms. The number of ether oxygens (including phenoxy) is 1. The summed E-state index contributed by atoms with van der Waals surface area (Å²) in [5, 5.41) is 4.44. The summed E-state index contributed by atoms with van der Waals surface area (Å²) in [6.45, 7) is -0.346. The van der Waals surface area contributed by atoms with Gasteiger partial charge >= 0.3 is 12.4 Å². The maximum absolute atomic E-state index is 11.9. The minimum Gasteiger partial charge on any atom is -0.406 e. The first-order valence-corrected chi connectivity index (χ1v) is 4.95. The van der Waals surface area contributed by atoms with Crippen molar-refractivity contribution in [2.45, 2.75) is 6.36 Å². The van der Waals surface area contributed by atoms with Crippen molar-refractivity contribution in [2.75, 3.05) is 11.9 Å². The molecule has 0 unspecified atom stereocenters. The van der Waals surface area contributed by atoms with E-state index in [9.17, 15) is 22.8 Å². The lowest BCUT2D eigenvalue weighted by atomic mass is 10.3. The lowest BCUT2D eigenvalue weighted by molar-refractivity contribution is -0.274. The molecule has 9 heteroatoms. The Hall–Kier alpha value is -2.45. The molecule has 0 heterocycles. The third-order valence-electron chi connectivity index (χ3n) is 1.77. The third kappa shape index (κ3) is 6.15. The van der Waals surface area contributed by atoms with Gasteiger partial charge in [0, 0.05) is 5.69 Å². The Morgan fingerprint density at radius 2 is 1.79 bits per heavy atom. The summed E-state index contributed by atoms with van der Waals surface area (Å²) < 4.78 is 39.3. The molecule has 0 saturated heterocycles. The molecule has 0 spiro atoms. The summed E-state index contributed by atoms with van der Waals surface area (Å²) in [6.07, 6.45) is -4.77. The molecule has 0 saturated carbocycles. The van der Waals surface area contributed by atoms with Gasteiger partial charge in [-0.3, -0.25) is 4.79 Å². The van der Waals surface area contributed by atoms with Crippen molar-refractivity contribution in [1.82, 2.24) is 5.32 Å². The molecule has 6 nitrogen and oxygen atoms in total. The maximum Gasteiger partial charge on any atom is 0.573 e. The van der Waals surface area contributed by atoms with Crippen molar-refractivity contribution in [1.29, 1.82) is 0 Å². The van der Waals surface area contributed by atoms with E-state index in [-0.39, 0.29) is 12.2 Å². The molecule has 104 valence electrons. The van der Waals surface area contributed by atoms with Gasteiger partial charge in [0.25, 0.3) is 0 Å². The lowest BCUT2D eigenvalue weighted by Crippen LogP contribution is -2.36. The molecule has 0 atom stereocenters. The number of carbonyl (C=O) groups excluding carboxylic acids is 2. The van der Waals surface area contributed by atoms with Crippen LogP contribution >= 0.6 is 0 Å². The van der Waals surface area contributed by atoms with Gasteiger partial charge < -0.3 is 21.1 Å². The number of amides is 3. The number of rotatable bonds is 4. The van der Waals surface area contributed by atoms with E-state index < -0.39 is 24.1 Å². The fraction of sp³-hybridized carbons (Fsp3) is 0.200. The average molecular weight is 277 g/mol. The van der Waals surface area contributed by atoms with Crippen molar-refractivity contribution in [2.24, 2.45) is 5.73 Å². The van der Waals surface area contributed by atoms with E-state index in [0.29, 0.717) is 0 Å². The van der Waals surface area contributed by atoms with Gasteiger partial charge in [-0.1, -0.05) is 0 Å². The predicted molar refractivity (Wildman–Crippen MR) is 59.3 cm³/mol. The number of urea groups is 1. The molecule has 1 rings (SSSR count). The second kappa shape index (κ2) is 5.94. The van der Waals surface area contributed by atoms with Gasteiger partial charge in [0.2, 0.25) is 5.91 Å². The van der Waals surface area contributed by atoms with Crippen LogP contribution in [0.2, 0.25) is 0 Å². The Morgan fingerprint density at radius 1 is 1.21 bits per heavy atom. The van der Waals surface area contributed by atoms with Crippen LogP contribution in [0.25, 0.3) is 0 Å². The fourth-order valence-electron chi connectivity index (χ4n) is 1.08. The number of benzene rings is 1. The van der Waals surface area contributed by atoms with Crippen molar-refractivity contribution >= 4 is 17.6 Å². The van der Waals surface area contributed by atoms with Gasteiger partial charge in [0.1, 0.15) is 5.75 Å². The molecule has 4 N–H and O–H groups in total. The molecule has 0 bridgehead atoms. The van der Waals surface area contributed by atoms with Gasteiger partial charge in [-0.2, -0.15) is 0 Å². The molecule has 0 radical (unpaired) electrons. The molecular formula is C10H10F3N3O3. The first-order chi connectivity index (χ1) is 8.76. The molecule has 0 aliphatic rings. The molecule has 0 fully saturated rings. The Morgan fingerprint density at radius 3 is 2.26 bits per heavy atom. The van der Waals surface area contributed by atoms with Gasteiger partial charge in [-0.25, -0.2) is 4.79 Å². The fourth-order valence-corrected chi connectivity index (χ4v) is 1.08. The molecule has 0 aliphatic heterocycles. The largest absolute Gasteiger partial charge is 0.573 e. The number of anilines is 1. The second-order valence-corrected chi connectivity index (χ2v) is 3.35. The van der Waals surface area contributed by atoms with E-state index in [2.05, 4.69) is 15.4 Å². The average Bonchev–Trinajstić information content (AvgIpc) is 2.27. The minimum atomic E-state index is -4.77. The van der Waals surface area contributed by atoms with Crippen molar-refractivity contribution in [3.05, 3.63) is 24.3 Å². The summed E-state index contributed by atoms with van der Waals surface area (Å²) >= 11 is 0. The highest BCUT2D eigenvalue weighted by molar-refractivity contribution is 5.91. The van der Waals surface area contributed by atoms with Gasteiger partial charge in [-0.05, 0) is 24.3 Å². The second-order valence-electron chi connectivity index (χ2n) is 3.35. The number of alkyl halides is 3. The van der Waals surface area contributed by atoms with Gasteiger partial charge in [0.05, 0.1) is 6.54 Å². The number of nitrogens with two attached hydrogens (primary N) is 1. The number of hydrogen-bond acceptors (Lipinski definition) is 3. The van der Waals surface area contributed by atoms with Crippen LogP contribution in [0.5, 0.6) is 5.75 Å². The summed E-state index contributed by atoms with van der Waals surface area (Å²) in [6, 6.07) is 3.80. The van der Waals surface area contributed by atoms with Crippen LogP contribution in [0.4, 0.5) is 23.7 Å². The first kappa shape index (κ1) is 14.6. The number of hydrogen-bond donors (Lipinski definition) is 3. The van der Waals surface area contributed by atoms with E-state index in [1.54, 1.807) is 0 Å². The summed E-state index contributed by atoms with van der Waals surface area (Å²) in [7, 11) is 0. The topological polar surface area (TPSA) is 93.5 Å². The highest BCUT2D eigenvalue weighted by Gasteiger charge is 2.30. The van der Waals surface area contributed by atoms with Crippen LogP contribution in [0.15, 0.2) is 24.3 Å². The zero-order chi connectivity index (χ0) is 14.5. The Kier molecular flexibility index (Phi) is 4.56. The smallest absolute Gasteiger partial charge is 0.406 e. The molecule has 1 aromatic rings. The molecule has 1 aromatic carbocycles.